The third kappa shape index (κ3) is 1.88. The van der Waals surface area contributed by atoms with Gasteiger partial charge in [-0.05, 0) is 18.1 Å². The van der Waals surface area contributed by atoms with Crippen LogP contribution in [0.4, 0.5) is 14.5 Å². The number of nitrogens with zero attached hydrogens (tertiary/aromatic N) is 1. The lowest BCUT2D eigenvalue weighted by molar-refractivity contribution is -0.114. The fraction of sp³-hybridized carbons (Fsp3) is 0.333. The lowest BCUT2D eigenvalue weighted by atomic mass is 10.1. The van der Waals surface area contributed by atoms with E-state index in [2.05, 4.69) is 0 Å². The van der Waals surface area contributed by atoms with E-state index >= 15 is 0 Å². The molecule has 0 fully saturated rings. The van der Waals surface area contributed by atoms with E-state index in [0.29, 0.717) is 0 Å². The van der Waals surface area contributed by atoms with E-state index in [1.54, 1.807) is 6.92 Å². The molecule has 1 amide bonds. The molecule has 0 bridgehead atoms. The minimum absolute atomic E-state index is 0.0848. The molecule has 0 N–H and O–H groups in total. The molecule has 0 saturated carbocycles. The van der Waals surface area contributed by atoms with Gasteiger partial charge in [0.1, 0.15) is 11.6 Å². The fourth-order valence-corrected chi connectivity index (χ4v) is 1.98. The van der Waals surface area contributed by atoms with Gasteiger partial charge in [-0.2, -0.15) is 0 Å². The second-order valence-corrected chi connectivity index (χ2v) is 4.57. The van der Waals surface area contributed by atoms with Crippen LogP contribution in [0.3, 0.4) is 0 Å². The van der Waals surface area contributed by atoms with E-state index in [4.69, 9.17) is 11.6 Å². The summed E-state index contributed by atoms with van der Waals surface area (Å²) < 4.78 is 27.2. The SMILES string of the molecule is CC(CCl)CN1C(=O)C(=O)c2c(F)ccc(F)c21. The summed E-state index contributed by atoms with van der Waals surface area (Å²) in [7, 11) is 0. The number of alkyl halides is 1. The maximum Gasteiger partial charge on any atom is 0.299 e. The van der Waals surface area contributed by atoms with Crippen molar-refractivity contribution >= 4 is 29.0 Å². The van der Waals surface area contributed by atoms with Crippen molar-refractivity contribution in [2.45, 2.75) is 6.92 Å². The lowest BCUT2D eigenvalue weighted by Crippen LogP contribution is -2.34. The number of hydrogen-bond donors (Lipinski definition) is 0. The first kappa shape index (κ1) is 13.0. The normalized spacial score (nSPS) is 16.1. The average molecular weight is 274 g/mol. The van der Waals surface area contributed by atoms with Gasteiger partial charge >= 0.3 is 0 Å². The summed E-state index contributed by atoms with van der Waals surface area (Å²) in [6, 6.07) is 1.74. The van der Waals surface area contributed by atoms with Crippen LogP contribution in [0.2, 0.25) is 0 Å². The Labute approximate surface area is 107 Å². The zero-order valence-electron chi connectivity index (χ0n) is 9.54. The molecule has 1 heterocycles. The van der Waals surface area contributed by atoms with E-state index in [1.807, 2.05) is 0 Å². The molecule has 1 aromatic rings. The van der Waals surface area contributed by atoms with Crippen molar-refractivity contribution in [3.05, 3.63) is 29.3 Å². The minimum Gasteiger partial charge on any atom is -0.302 e. The van der Waals surface area contributed by atoms with Crippen molar-refractivity contribution in [3.8, 4) is 0 Å². The molecule has 1 aliphatic heterocycles. The molecule has 0 aliphatic carbocycles. The van der Waals surface area contributed by atoms with Gasteiger partial charge in [0, 0.05) is 12.4 Å². The highest BCUT2D eigenvalue weighted by atomic mass is 35.5. The zero-order chi connectivity index (χ0) is 13.4. The van der Waals surface area contributed by atoms with Gasteiger partial charge < -0.3 is 4.90 Å². The topological polar surface area (TPSA) is 37.4 Å². The smallest absolute Gasteiger partial charge is 0.299 e. The summed E-state index contributed by atoms with van der Waals surface area (Å²) in [4.78, 5) is 24.3. The lowest BCUT2D eigenvalue weighted by Gasteiger charge is -2.20. The van der Waals surface area contributed by atoms with Gasteiger partial charge in [0.15, 0.2) is 0 Å². The molecule has 1 atom stereocenters. The molecule has 1 aliphatic rings. The van der Waals surface area contributed by atoms with Gasteiger partial charge in [0.2, 0.25) is 0 Å². The summed E-state index contributed by atoms with van der Waals surface area (Å²) >= 11 is 5.62. The predicted molar refractivity (Wildman–Crippen MR) is 62.9 cm³/mol. The van der Waals surface area contributed by atoms with Crippen molar-refractivity contribution < 1.29 is 18.4 Å². The molecule has 0 aromatic heterocycles. The first-order chi connectivity index (χ1) is 8.47. The third-order valence-electron chi connectivity index (χ3n) is 2.77. The van der Waals surface area contributed by atoms with Crippen LogP contribution < -0.4 is 4.90 Å². The number of carbonyl (C=O) groups excluding carboxylic acids is 2. The minimum atomic E-state index is -1.01. The highest BCUT2D eigenvalue weighted by Crippen LogP contribution is 2.34. The quantitative estimate of drug-likeness (QED) is 0.626. The number of Topliss-reactive ketones (excluding diaryl/α,β-unsaturated/α-hetero) is 1. The molecule has 0 saturated heterocycles. The summed E-state index contributed by atoms with van der Waals surface area (Å²) in [5.74, 6) is -3.46. The van der Waals surface area contributed by atoms with Crippen LogP contribution in [-0.2, 0) is 4.79 Å². The summed E-state index contributed by atoms with van der Waals surface area (Å²) in [6.45, 7) is 1.83. The monoisotopic (exact) mass is 273 g/mol. The summed E-state index contributed by atoms with van der Waals surface area (Å²) in [5, 5.41) is 0. The Kier molecular flexibility index (Phi) is 3.34. The largest absolute Gasteiger partial charge is 0.302 e. The number of carbonyl (C=O) groups is 2. The Bertz CT molecular complexity index is 533. The van der Waals surface area contributed by atoms with Crippen molar-refractivity contribution in [1.82, 2.24) is 0 Å². The van der Waals surface area contributed by atoms with Crippen LogP contribution >= 0.6 is 11.6 Å². The van der Waals surface area contributed by atoms with Crippen LogP contribution in [0.5, 0.6) is 0 Å². The maximum atomic E-state index is 13.7. The number of ketones is 1. The molecule has 3 nitrogen and oxygen atoms in total. The highest BCUT2D eigenvalue weighted by Gasteiger charge is 2.40. The Hall–Kier alpha value is -1.49. The Balaban J connectivity index is 2.51. The average Bonchev–Trinajstić information content (AvgIpc) is 2.60. The van der Waals surface area contributed by atoms with Crippen molar-refractivity contribution in [2.24, 2.45) is 5.92 Å². The van der Waals surface area contributed by atoms with Gasteiger partial charge in [-0.15, -0.1) is 11.6 Å². The van der Waals surface area contributed by atoms with Gasteiger partial charge in [-0.3, -0.25) is 9.59 Å². The number of halogens is 3. The van der Waals surface area contributed by atoms with Crippen LogP contribution in [0.1, 0.15) is 17.3 Å². The van der Waals surface area contributed by atoms with Crippen LogP contribution in [0, 0.1) is 17.6 Å². The fourth-order valence-electron chi connectivity index (χ4n) is 1.89. The van der Waals surface area contributed by atoms with Crippen LogP contribution in [0.15, 0.2) is 12.1 Å². The number of fused-ring (bicyclic) bond motifs is 1. The molecule has 2 rings (SSSR count). The molecular formula is C12H10ClF2NO2. The molecule has 18 heavy (non-hydrogen) atoms. The van der Waals surface area contributed by atoms with Gasteiger partial charge in [-0.25, -0.2) is 8.78 Å². The van der Waals surface area contributed by atoms with E-state index < -0.39 is 28.9 Å². The predicted octanol–water partition coefficient (Wildman–Crippen LogP) is 2.37. The Morgan fingerprint density at radius 3 is 2.50 bits per heavy atom. The van der Waals surface area contributed by atoms with Crippen molar-refractivity contribution in [2.75, 3.05) is 17.3 Å². The molecule has 1 aromatic carbocycles. The first-order valence-electron chi connectivity index (χ1n) is 5.37. The Morgan fingerprint density at radius 2 is 1.89 bits per heavy atom. The van der Waals surface area contributed by atoms with E-state index in [0.717, 1.165) is 17.0 Å². The molecule has 96 valence electrons. The summed E-state index contributed by atoms with van der Waals surface area (Å²) in [5.41, 5.74) is -0.760. The van der Waals surface area contributed by atoms with Crippen LogP contribution in [-0.4, -0.2) is 24.1 Å². The van der Waals surface area contributed by atoms with E-state index in [9.17, 15) is 18.4 Å². The molecule has 0 spiro atoms. The van der Waals surface area contributed by atoms with Crippen molar-refractivity contribution in [3.63, 3.8) is 0 Å². The van der Waals surface area contributed by atoms with Crippen LogP contribution in [0.25, 0.3) is 0 Å². The van der Waals surface area contributed by atoms with E-state index in [-0.39, 0.29) is 24.0 Å². The second kappa shape index (κ2) is 4.65. The number of hydrogen-bond acceptors (Lipinski definition) is 2. The van der Waals surface area contributed by atoms with Gasteiger partial charge in [-0.1, -0.05) is 6.92 Å². The highest BCUT2D eigenvalue weighted by molar-refractivity contribution is 6.52. The molecular weight excluding hydrogens is 264 g/mol. The molecule has 1 unspecified atom stereocenters. The van der Waals surface area contributed by atoms with Gasteiger partial charge in [0.25, 0.3) is 11.7 Å². The number of anilines is 1. The third-order valence-corrected chi connectivity index (χ3v) is 3.30. The standard InChI is InChI=1S/C12H10ClF2NO2/c1-6(4-13)5-16-10-8(15)3-2-7(14)9(10)11(17)12(16)18/h2-3,6H,4-5H2,1H3. The maximum absolute atomic E-state index is 13.7. The zero-order valence-corrected chi connectivity index (χ0v) is 10.3. The van der Waals surface area contributed by atoms with E-state index in [1.165, 1.54) is 0 Å². The summed E-state index contributed by atoms with van der Waals surface area (Å²) in [6.07, 6.45) is 0. The number of rotatable bonds is 3. The van der Waals surface area contributed by atoms with Gasteiger partial charge in [0.05, 0.1) is 11.3 Å². The first-order valence-corrected chi connectivity index (χ1v) is 5.91. The number of amides is 1. The molecule has 0 radical (unpaired) electrons. The number of benzene rings is 1. The Morgan fingerprint density at radius 1 is 1.28 bits per heavy atom. The second-order valence-electron chi connectivity index (χ2n) is 4.26. The molecule has 6 heteroatoms. The van der Waals surface area contributed by atoms with Crippen molar-refractivity contribution in [1.29, 1.82) is 0 Å².